The van der Waals surface area contributed by atoms with E-state index in [-0.39, 0.29) is 24.5 Å². The number of amides is 1. The normalized spacial score (nSPS) is 19.6. The first-order valence-corrected chi connectivity index (χ1v) is 5.50. The van der Waals surface area contributed by atoms with Crippen molar-refractivity contribution >= 4 is 11.9 Å². The van der Waals surface area contributed by atoms with Gasteiger partial charge >= 0.3 is 5.97 Å². The van der Waals surface area contributed by atoms with Gasteiger partial charge in [-0.25, -0.2) is 4.79 Å². The van der Waals surface area contributed by atoms with Gasteiger partial charge in [-0.15, -0.1) is 0 Å². The lowest BCUT2D eigenvalue weighted by atomic mass is 10.1. The standard InChI is InChI=1S/C12H13NO5/c14-9-3-1-2-8(6-9)11(15)13-4-5-18-7-10(13)12(16)17/h1-3,6,10,14H,4-5,7H2,(H,16,17). The summed E-state index contributed by atoms with van der Waals surface area (Å²) in [5.74, 6) is -1.54. The highest BCUT2D eigenvalue weighted by atomic mass is 16.5. The molecule has 1 atom stereocenters. The fraction of sp³-hybridized carbons (Fsp3) is 0.333. The smallest absolute Gasteiger partial charge is 0.328 e. The maximum atomic E-state index is 12.2. The van der Waals surface area contributed by atoms with Crippen LogP contribution < -0.4 is 0 Å². The van der Waals surface area contributed by atoms with E-state index in [1.165, 1.54) is 23.1 Å². The number of hydrogen-bond acceptors (Lipinski definition) is 4. The zero-order valence-electron chi connectivity index (χ0n) is 9.57. The van der Waals surface area contributed by atoms with Crippen LogP contribution in [0.1, 0.15) is 10.4 Å². The Hall–Kier alpha value is -2.08. The number of ether oxygens (including phenoxy) is 1. The fourth-order valence-electron chi connectivity index (χ4n) is 1.86. The Balaban J connectivity index is 2.23. The third-order valence-electron chi connectivity index (χ3n) is 2.77. The molecule has 0 saturated carbocycles. The lowest BCUT2D eigenvalue weighted by Gasteiger charge is -2.32. The van der Waals surface area contributed by atoms with Crippen LogP contribution in [-0.4, -0.2) is 52.8 Å². The number of phenols is 1. The fourth-order valence-corrected chi connectivity index (χ4v) is 1.86. The van der Waals surface area contributed by atoms with Crippen LogP contribution in [0.4, 0.5) is 0 Å². The minimum atomic E-state index is -1.09. The van der Waals surface area contributed by atoms with Crippen molar-refractivity contribution in [2.45, 2.75) is 6.04 Å². The zero-order valence-corrected chi connectivity index (χ0v) is 9.57. The molecule has 1 aromatic carbocycles. The van der Waals surface area contributed by atoms with Crippen molar-refractivity contribution in [1.29, 1.82) is 0 Å². The number of rotatable bonds is 2. The second-order valence-corrected chi connectivity index (χ2v) is 3.98. The molecule has 1 aromatic rings. The van der Waals surface area contributed by atoms with E-state index in [4.69, 9.17) is 9.84 Å². The zero-order chi connectivity index (χ0) is 13.1. The Morgan fingerprint density at radius 3 is 2.83 bits per heavy atom. The van der Waals surface area contributed by atoms with Crippen LogP contribution in [0.3, 0.4) is 0 Å². The summed E-state index contributed by atoms with van der Waals surface area (Å²) in [6.45, 7) is 0.527. The van der Waals surface area contributed by atoms with E-state index in [9.17, 15) is 14.7 Å². The average molecular weight is 251 g/mol. The first kappa shape index (κ1) is 12.4. The highest BCUT2D eigenvalue weighted by molar-refractivity contribution is 5.97. The summed E-state index contributed by atoms with van der Waals surface area (Å²) in [7, 11) is 0. The predicted octanol–water partition coefficient (Wildman–Crippen LogP) is 0.318. The summed E-state index contributed by atoms with van der Waals surface area (Å²) in [4.78, 5) is 24.5. The van der Waals surface area contributed by atoms with Crippen molar-refractivity contribution < 1.29 is 24.5 Å². The lowest BCUT2D eigenvalue weighted by Crippen LogP contribution is -2.52. The summed E-state index contributed by atoms with van der Waals surface area (Å²) in [6.07, 6.45) is 0. The number of carbonyl (C=O) groups excluding carboxylic acids is 1. The van der Waals surface area contributed by atoms with Gasteiger partial charge in [-0.3, -0.25) is 4.79 Å². The summed E-state index contributed by atoms with van der Waals surface area (Å²) in [5.41, 5.74) is 0.267. The largest absolute Gasteiger partial charge is 0.508 e. The van der Waals surface area contributed by atoms with Gasteiger partial charge in [0.25, 0.3) is 5.91 Å². The number of aromatic hydroxyl groups is 1. The Labute approximate surface area is 103 Å². The van der Waals surface area contributed by atoms with Crippen molar-refractivity contribution in [3.8, 4) is 5.75 Å². The third kappa shape index (κ3) is 2.43. The number of carboxylic acid groups (broad SMARTS) is 1. The van der Waals surface area contributed by atoms with Gasteiger partial charge in [-0.2, -0.15) is 0 Å². The SMILES string of the molecule is O=C(O)C1COCCN1C(=O)c1cccc(O)c1. The topological polar surface area (TPSA) is 87.1 Å². The van der Waals surface area contributed by atoms with Gasteiger partial charge in [0, 0.05) is 12.1 Å². The third-order valence-corrected chi connectivity index (χ3v) is 2.77. The maximum absolute atomic E-state index is 12.2. The monoisotopic (exact) mass is 251 g/mol. The second kappa shape index (κ2) is 5.05. The van der Waals surface area contributed by atoms with E-state index in [2.05, 4.69) is 0 Å². The molecule has 1 heterocycles. The van der Waals surface area contributed by atoms with Gasteiger partial charge in [0.05, 0.1) is 13.2 Å². The number of phenolic OH excluding ortho intramolecular Hbond substituents is 1. The van der Waals surface area contributed by atoms with Crippen molar-refractivity contribution in [3.63, 3.8) is 0 Å². The average Bonchev–Trinajstić information content (AvgIpc) is 2.38. The summed E-state index contributed by atoms with van der Waals surface area (Å²) in [5, 5.41) is 18.4. The number of morpholine rings is 1. The molecule has 1 aliphatic heterocycles. The molecular weight excluding hydrogens is 238 g/mol. The first-order valence-electron chi connectivity index (χ1n) is 5.50. The van der Waals surface area contributed by atoms with Crippen molar-refractivity contribution in [3.05, 3.63) is 29.8 Å². The van der Waals surface area contributed by atoms with Crippen LogP contribution in [0.15, 0.2) is 24.3 Å². The Morgan fingerprint density at radius 2 is 2.17 bits per heavy atom. The Morgan fingerprint density at radius 1 is 1.39 bits per heavy atom. The number of hydrogen-bond donors (Lipinski definition) is 2. The molecule has 0 aromatic heterocycles. The molecule has 1 unspecified atom stereocenters. The molecule has 1 fully saturated rings. The highest BCUT2D eigenvalue weighted by Crippen LogP contribution is 2.16. The molecule has 0 bridgehead atoms. The number of benzene rings is 1. The Kier molecular flexibility index (Phi) is 3.47. The van der Waals surface area contributed by atoms with E-state index in [0.717, 1.165) is 0 Å². The van der Waals surface area contributed by atoms with Gasteiger partial charge in [0.15, 0.2) is 6.04 Å². The Bertz CT molecular complexity index is 473. The van der Waals surface area contributed by atoms with Crippen molar-refractivity contribution in [1.82, 2.24) is 4.90 Å². The molecule has 0 aliphatic carbocycles. The number of carbonyl (C=O) groups is 2. The molecule has 2 rings (SSSR count). The van der Waals surface area contributed by atoms with Crippen LogP contribution >= 0.6 is 0 Å². The first-order chi connectivity index (χ1) is 8.59. The maximum Gasteiger partial charge on any atom is 0.328 e. The molecule has 0 spiro atoms. The van der Waals surface area contributed by atoms with Crippen LogP contribution in [0, 0.1) is 0 Å². The van der Waals surface area contributed by atoms with Crippen molar-refractivity contribution in [2.24, 2.45) is 0 Å². The van der Waals surface area contributed by atoms with E-state index in [1.54, 1.807) is 6.07 Å². The summed E-state index contributed by atoms with van der Waals surface area (Å²) < 4.78 is 5.06. The van der Waals surface area contributed by atoms with Crippen LogP contribution in [-0.2, 0) is 9.53 Å². The molecule has 6 nitrogen and oxygen atoms in total. The van der Waals surface area contributed by atoms with E-state index < -0.39 is 17.9 Å². The van der Waals surface area contributed by atoms with E-state index >= 15 is 0 Å². The summed E-state index contributed by atoms with van der Waals surface area (Å²) in [6, 6.07) is 4.87. The lowest BCUT2D eigenvalue weighted by molar-refractivity contribution is -0.147. The molecular formula is C12H13NO5. The van der Waals surface area contributed by atoms with E-state index in [0.29, 0.717) is 6.61 Å². The molecule has 0 radical (unpaired) electrons. The van der Waals surface area contributed by atoms with Gasteiger partial charge in [-0.05, 0) is 18.2 Å². The molecule has 6 heteroatoms. The van der Waals surface area contributed by atoms with Crippen LogP contribution in [0.2, 0.25) is 0 Å². The van der Waals surface area contributed by atoms with Crippen LogP contribution in [0.25, 0.3) is 0 Å². The highest BCUT2D eigenvalue weighted by Gasteiger charge is 2.33. The minimum Gasteiger partial charge on any atom is -0.508 e. The predicted molar refractivity (Wildman–Crippen MR) is 61.4 cm³/mol. The molecule has 1 aliphatic rings. The number of carboxylic acids is 1. The van der Waals surface area contributed by atoms with Crippen molar-refractivity contribution in [2.75, 3.05) is 19.8 Å². The number of aliphatic carboxylic acids is 1. The molecule has 18 heavy (non-hydrogen) atoms. The molecule has 1 amide bonds. The van der Waals surface area contributed by atoms with Gasteiger partial charge in [-0.1, -0.05) is 6.07 Å². The quantitative estimate of drug-likeness (QED) is 0.790. The molecule has 96 valence electrons. The van der Waals surface area contributed by atoms with E-state index in [1.807, 2.05) is 0 Å². The number of nitrogens with zero attached hydrogens (tertiary/aromatic N) is 1. The van der Waals surface area contributed by atoms with Gasteiger partial charge < -0.3 is 19.8 Å². The second-order valence-electron chi connectivity index (χ2n) is 3.98. The molecule has 1 saturated heterocycles. The van der Waals surface area contributed by atoms with Gasteiger partial charge in [0.2, 0.25) is 0 Å². The van der Waals surface area contributed by atoms with Crippen LogP contribution in [0.5, 0.6) is 5.75 Å². The minimum absolute atomic E-state index is 0.0140. The summed E-state index contributed by atoms with van der Waals surface area (Å²) >= 11 is 0. The van der Waals surface area contributed by atoms with Gasteiger partial charge in [0.1, 0.15) is 5.75 Å². The molecule has 2 N–H and O–H groups in total.